The van der Waals surface area contributed by atoms with Gasteiger partial charge in [-0.3, -0.25) is 4.90 Å². The number of rotatable bonds is 6. The van der Waals surface area contributed by atoms with E-state index in [-0.39, 0.29) is 17.4 Å². The van der Waals surface area contributed by atoms with Crippen molar-refractivity contribution < 1.29 is 0 Å². The van der Waals surface area contributed by atoms with Crippen molar-refractivity contribution in [2.45, 2.75) is 31.7 Å². The van der Waals surface area contributed by atoms with Crippen LogP contribution < -0.4 is 9.80 Å². The van der Waals surface area contributed by atoms with Gasteiger partial charge in [-0.2, -0.15) is 4.98 Å². The number of nitrogens with zero attached hydrogens (tertiary/aromatic N) is 4. The summed E-state index contributed by atoms with van der Waals surface area (Å²) < 4.78 is 0. The fraction of sp³-hybridized carbons (Fsp3) is 0.123. The van der Waals surface area contributed by atoms with Gasteiger partial charge in [-0.15, -0.1) is 0 Å². The van der Waals surface area contributed by atoms with E-state index >= 15 is 0 Å². The molecule has 1 aromatic heterocycles. The highest BCUT2D eigenvalue weighted by Crippen LogP contribution is 2.56. The van der Waals surface area contributed by atoms with E-state index in [9.17, 15) is 0 Å². The second-order valence-electron chi connectivity index (χ2n) is 17.3. The van der Waals surface area contributed by atoms with Crippen molar-refractivity contribution in [3.8, 4) is 22.3 Å². The molecule has 0 N–H and O–H groups in total. The highest BCUT2D eigenvalue weighted by Gasteiger charge is 2.46. The molecule has 12 rings (SSSR count). The van der Waals surface area contributed by atoms with Crippen LogP contribution in [0.5, 0.6) is 0 Å². The molecule has 61 heavy (non-hydrogen) atoms. The number of anilines is 4. The molecule has 3 unspecified atom stereocenters. The van der Waals surface area contributed by atoms with Crippen LogP contribution in [0.3, 0.4) is 0 Å². The zero-order chi connectivity index (χ0) is 40.7. The molecule has 0 amide bonds. The predicted molar refractivity (Wildman–Crippen MR) is 253 cm³/mol. The normalized spacial score (nSPS) is 20.1. The first-order valence-electron chi connectivity index (χ1n) is 21.5. The summed E-state index contributed by atoms with van der Waals surface area (Å²) in [5, 5.41) is 1.03. The third kappa shape index (κ3) is 5.59. The Hall–Kier alpha value is -7.30. The lowest BCUT2D eigenvalue weighted by Gasteiger charge is -2.37. The Morgan fingerprint density at radius 2 is 1.34 bits per heavy atom. The highest BCUT2D eigenvalue weighted by molar-refractivity contribution is 6.02. The molecule has 6 aromatic carbocycles. The van der Waals surface area contributed by atoms with Crippen LogP contribution in [0, 0.1) is 11.8 Å². The van der Waals surface area contributed by atoms with Crippen molar-refractivity contribution >= 4 is 45.2 Å². The van der Waals surface area contributed by atoms with Crippen LogP contribution in [0.15, 0.2) is 212 Å². The topological polar surface area (TPSA) is 32.3 Å². The number of para-hydroxylation sites is 1. The van der Waals surface area contributed by atoms with E-state index in [2.05, 4.69) is 224 Å². The second-order valence-corrected chi connectivity index (χ2v) is 17.3. The van der Waals surface area contributed by atoms with E-state index in [0.29, 0.717) is 11.9 Å². The Labute approximate surface area is 357 Å². The Balaban J connectivity index is 1.10. The monoisotopic (exact) mass is 784 g/mol. The third-order valence-electron chi connectivity index (χ3n) is 13.7. The van der Waals surface area contributed by atoms with Crippen molar-refractivity contribution in [3.63, 3.8) is 0 Å². The minimum absolute atomic E-state index is 0.00970. The van der Waals surface area contributed by atoms with E-state index in [1.165, 1.54) is 55.7 Å². The maximum Gasteiger partial charge on any atom is 0.237 e. The molecule has 4 aliphatic carbocycles. The van der Waals surface area contributed by atoms with E-state index in [1.54, 1.807) is 0 Å². The molecule has 0 radical (unpaired) electrons. The van der Waals surface area contributed by atoms with Gasteiger partial charge in [0.2, 0.25) is 5.95 Å². The molecule has 5 aliphatic rings. The van der Waals surface area contributed by atoms with E-state index in [1.807, 2.05) is 0 Å². The van der Waals surface area contributed by atoms with Gasteiger partial charge in [-0.1, -0.05) is 172 Å². The van der Waals surface area contributed by atoms with Gasteiger partial charge < -0.3 is 4.90 Å². The van der Waals surface area contributed by atoms with Crippen molar-refractivity contribution in [1.29, 1.82) is 0 Å². The van der Waals surface area contributed by atoms with Gasteiger partial charge in [0.05, 0.1) is 22.9 Å². The van der Waals surface area contributed by atoms with Crippen LogP contribution in [0.2, 0.25) is 0 Å². The van der Waals surface area contributed by atoms with E-state index in [4.69, 9.17) is 9.97 Å². The van der Waals surface area contributed by atoms with Gasteiger partial charge in [0, 0.05) is 22.6 Å². The van der Waals surface area contributed by atoms with Crippen LogP contribution in [0.4, 0.5) is 23.1 Å². The number of allylic oxidation sites excluding steroid dienone is 8. The van der Waals surface area contributed by atoms with Gasteiger partial charge >= 0.3 is 0 Å². The van der Waals surface area contributed by atoms with Gasteiger partial charge in [-0.05, 0) is 110 Å². The lowest BCUT2D eigenvalue weighted by Crippen LogP contribution is -2.37. The molecule has 0 fully saturated rings. The SMILES string of the molecule is CC1(C)c2ccccc2C2=C(N(c3ccc(-c4ccccc4)cc3)c3nc(N4c5ccc(-c6ccccc6)cc5C5=CC=C6C=CC=CC6C54)c4ccccc4n3)C=CCC21. The molecule has 3 atom stereocenters. The molecule has 0 saturated heterocycles. The summed E-state index contributed by atoms with van der Waals surface area (Å²) in [5.74, 6) is 2.03. The molecule has 1 aliphatic heterocycles. The van der Waals surface area contributed by atoms with Crippen LogP contribution in [-0.4, -0.2) is 16.0 Å². The maximum absolute atomic E-state index is 5.81. The van der Waals surface area contributed by atoms with Gasteiger partial charge in [-0.25, -0.2) is 4.98 Å². The summed E-state index contributed by atoms with van der Waals surface area (Å²) in [5.41, 5.74) is 16.9. The summed E-state index contributed by atoms with van der Waals surface area (Å²) >= 11 is 0. The minimum atomic E-state index is -0.0328. The summed E-state index contributed by atoms with van der Waals surface area (Å²) in [6.45, 7) is 4.82. The number of aromatic nitrogens is 2. The average molecular weight is 785 g/mol. The van der Waals surface area contributed by atoms with Crippen LogP contribution >= 0.6 is 0 Å². The van der Waals surface area contributed by atoms with Crippen LogP contribution in [0.1, 0.15) is 37.0 Å². The van der Waals surface area contributed by atoms with Crippen LogP contribution in [0.25, 0.3) is 44.3 Å². The molecule has 4 heteroatoms. The first kappa shape index (κ1) is 35.6. The second kappa shape index (κ2) is 13.9. The van der Waals surface area contributed by atoms with Crippen LogP contribution in [-0.2, 0) is 5.41 Å². The molecule has 0 spiro atoms. The van der Waals surface area contributed by atoms with Crippen molar-refractivity contribution in [2.75, 3.05) is 9.80 Å². The van der Waals surface area contributed by atoms with Gasteiger partial charge in [0.25, 0.3) is 0 Å². The first-order chi connectivity index (χ1) is 30.0. The zero-order valence-electron chi connectivity index (χ0n) is 34.3. The van der Waals surface area contributed by atoms with Crippen molar-refractivity contribution in [2.24, 2.45) is 11.8 Å². The molecule has 4 nitrogen and oxygen atoms in total. The Morgan fingerprint density at radius 3 is 2.16 bits per heavy atom. The Bertz CT molecular complexity index is 3090. The number of fused-ring (bicyclic) bond motifs is 9. The molecular weight excluding hydrogens is 741 g/mol. The fourth-order valence-electron chi connectivity index (χ4n) is 10.7. The lowest BCUT2D eigenvalue weighted by atomic mass is 9.74. The summed E-state index contributed by atoms with van der Waals surface area (Å²) in [6, 6.07) is 54.8. The predicted octanol–water partition coefficient (Wildman–Crippen LogP) is 14.0. The van der Waals surface area contributed by atoms with E-state index < -0.39 is 0 Å². The van der Waals surface area contributed by atoms with Crippen molar-refractivity contribution in [1.82, 2.24) is 9.97 Å². The quantitative estimate of drug-likeness (QED) is 0.168. The van der Waals surface area contributed by atoms with E-state index in [0.717, 1.165) is 40.2 Å². The van der Waals surface area contributed by atoms with Crippen molar-refractivity contribution in [3.05, 3.63) is 228 Å². The molecule has 7 aromatic rings. The maximum atomic E-state index is 5.81. The number of benzene rings is 6. The largest absolute Gasteiger partial charge is 0.317 e. The highest BCUT2D eigenvalue weighted by atomic mass is 15.3. The molecular formula is C57H44N4. The Kier molecular flexibility index (Phi) is 8.11. The van der Waals surface area contributed by atoms with Gasteiger partial charge in [0.1, 0.15) is 5.82 Å². The molecule has 292 valence electrons. The standard InChI is InChI=1S/C57H44N4/c1-57(2)48-24-13-11-22-45(48)53-49(57)25-15-27-52(53)60(42-32-28-39(29-33-42)37-16-5-3-6-17-37)56-58-50-26-14-12-23-46(50)55(59-56)61-51-35-31-41(38-18-7-4-8-19-38)36-47(51)44-34-30-40-20-9-10-21-43(40)54(44)61/h3-24,26-36,43,49,54H,25H2,1-2H3. The molecule has 0 saturated carbocycles. The smallest absolute Gasteiger partial charge is 0.237 e. The third-order valence-corrected chi connectivity index (χ3v) is 13.7. The minimum Gasteiger partial charge on any atom is -0.317 e. The molecule has 2 heterocycles. The fourth-order valence-corrected chi connectivity index (χ4v) is 10.7. The summed E-state index contributed by atoms with van der Waals surface area (Å²) in [7, 11) is 0. The number of hydrogen-bond donors (Lipinski definition) is 0. The zero-order valence-corrected chi connectivity index (χ0v) is 34.3. The Morgan fingerprint density at radius 1 is 0.639 bits per heavy atom. The lowest BCUT2D eigenvalue weighted by molar-refractivity contribution is 0.413. The first-order valence-corrected chi connectivity index (χ1v) is 21.5. The summed E-state index contributed by atoms with van der Waals surface area (Å²) in [4.78, 5) is 16.2. The number of hydrogen-bond acceptors (Lipinski definition) is 4. The van der Waals surface area contributed by atoms with Gasteiger partial charge in [0.15, 0.2) is 0 Å². The molecule has 0 bridgehead atoms. The average Bonchev–Trinajstić information content (AvgIpc) is 3.78. The summed E-state index contributed by atoms with van der Waals surface area (Å²) in [6.07, 6.45) is 19.3.